The molecular formula is C8H6BrN5O2. The molecule has 0 saturated heterocycles. The molecule has 2 rings (SSSR count). The van der Waals surface area contributed by atoms with Crippen LogP contribution in [-0.4, -0.2) is 20.1 Å². The molecule has 0 radical (unpaired) electrons. The number of aromatic nitrogens is 3. The van der Waals surface area contributed by atoms with Gasteiger partial charge in [0.05, 0.1) is 4.92 Å². The van der Waals surface area contributed by atoms with E-state index in [0.29, 0.717) is 15.9 Å². The third-order valence-corrected chi connectivity index (χ3v) is 2.33. The highest BCUT2D eigenvalue weighted by Gasteiger charge is 2.12. The van der Waals surface area contributed by atoms with Gasteiger partial charge in [-0.1, -0.05) is 15.9 Å². The van der Waals surface area contributed by atoms with Crippen molar-refractivity contribution in [1.82, 2.24) is 15.2 Å². The van der Waals surface area contributed by atoms with Crippen LogP contribution in [0.25, 0.3) is 11.4 Å². The van der Waals surface area contributed by atoms with Gasteiger partial charge in [0.25, 0.3) is 5.69 Å². The molecule has 0 saturated carbocycles. The van der Waals surface area contributed by atoms with E-state index in [1.165, 1.54) is 12.1 Å². The van der Waals surface area contributed by atoms with Crippen LogP contribution in [0.4, 0.5) is 11.6 Å². The second kappa shape index (κ2) is 3.89. The minimum atomic E-state index is -0.478. The number of benzene rings is 1. The lowest BCUT2D eigenvalue weighted by molar-refractivity contribution is -0.384. The molecule has 0 aliphatic rings. The topological polar surface area (TPSA) is 111 Å². The zero-order valence-electron chi connectivity index (χ0n) is 7.85. The number of nitrogen functional groups attached to an aromatic ring is 1. The maximum Gasteiger partial charge on any atom is 0.271 e. The van der Waals surface area contributed by atoms with Crippen LogP contribution in [0.5, 0.6) is 0 Å². The van der Waals surface area contributed by atoms with Gasteiger partial charge in [0.2, 0.25) is 5.95 Å². The number of aromatic amines is 1. The van der Waals surface area contributed by atoms with E-state index in [2.05, 4.69) is 31.1 Å². The Labute approximate surface area is 98.0 Å². The first-order valence-corrected chi connectivity index (χ1v) is 4.99. The molecule has 1 heterocycles. The molecule has 0 unspecified atom stereocenters. The van der Waals surface area contributed by atoms with Crippen molar-refractivity contribution in [2.45, 2.75) is 0 Å². The second-order valence-corrected chi connectivity index (χ2v) is 3.91. The summed E-state index contributed by atoms with van der Waals surface area (Å²) in [6.45, 7) is 0. The molecule has 0 aliphatic heterocycles. The number of nitrogens with one attached hydrogen (secondary N) is 1. The maximum atomic E-state index is 10.7. The number of hydrogen-bond acceptors (Lipinski definition) is 5. The van der Waals surface area contributed by atoms with Crippen molar-refractivity contribution in [3.05, 3.63) is 32.8 Å². The monoisotopic (exact) mass is 283 g/mol. The zero-order chi connectivity index (χ0) is 11.7. The van der Waals surface area contributed by atoms with Crippen LogP contribution in [-0.2, 0) is 0 Å². The third-order valence-electron chi connectivity index (χ3n) is 1.87. The summed E-state index contributed by atoms with van der Waals surface area (Å²) in [5, 5.41) is 16.9. The van der Waals surface area contributed by atoms with E-state index in [-0.39, 0.29) is 11.6 Å². The van der Waals surface area contributed by atoms with E-state index in [1.807, 2.05) is 0 Å². The van der Waals surface area contributed by atoms with E-state index in [9.17, 15) is 10.1 Å². The van der Waals surface area contributed by atoms with E-state index < -0.39 is 4.92 Å². The van der Waals surface area contributed by atoms with Crippen molar-refractivity contribution < 1.29 is 4.92 Å². The molecule has 82 valence electrons. The summed E-state index contributed by atoms with van der Waals surface area (Å²) in [5.41, 5.74) is 5.87. The molecule has 2 aromatic rings. The number of non-ortho nitro benzene ring substituents is 1. The van der Waals surface area contributed by atoms with Crippen LogP contribution in [0.15, 0.2) is 22.7 Å². The summed E-state index contributed by atoms with van der Waals surface area (Å²) in [6, 6.07) is 4.49. The first-order chi connectivity index (χ1) is 7.56. The van der Waals surface area contributed by atoms with Crippen molar-refractivity contribution in [3.63, 3.8) is 0 Å². The van der Waals surface area contributed by atoms with Gasteiger partial charge in [-0.25, -0.2) is 0 Å². The van der Waals surface area contributed by atoms with Crippen molar-refractivity contribution in [2.24, 2.45) is 0 Å². The fraction of sp³-hybridized carbons (Fsp3) is 0. The average molecular weight is 284 g/mol. The van der Waals surface area contributed by atoms with Crippen LogP contribution < -0.4 is 5.73 Å². The normalized spacial score (nSPS) is 10.3. The van der Waals surface area contributed by atoms with Crippen LogP contribution in [0, 0.1) is 10.1 Å². The van der Waals surface area contributed by atoms with Gasteiger partial charge in [-0.3, -0.25) is 15.2 Å². The highest BCUT2D eigenvalue weighted by molar-refractivity contribution is 9.10. The zero-order valence-corrected chi connectivity index (χ0v) is 9.43. The lowest BCUT2D eigenvalue weighted by atomic mass is 10.2. The molecule has 16 heavy (non-hydrogen) atoms. The summed E-state index contributed by atoms with van der Waals surface area (Å²) in [6.07, 6.45) is 0. The fourth-order valence-corrected chi connectivity index (χ4v) is 1.70. The van der Waals surface area contributed by atoms with Crippen LogP contribution in [0.1, 0.15) is 0 Å². The highest BCUT2D eigenvalue weighted by atomic mass is 79.9. The quantitative estimate of drug-likeness (QED) is 0.644. The molecule has 1 aromatic heterocycles. The number of anilines is 1. The predicted octanol–water partition coefficient (Wildman–Crippen LogP) is 1.72. The molecule has 0 atom stereocenters. The summed E-state index contributed by atoms with van der Waals surface area (Å²) in [7, 11) is 0. The smallest absolute Gasteiger partial charge is 0.271 e. The fourth-order valence-electron chi connectivity index (χ4n) is 1.22. The molecule has 0 aliphatic carbocycles. The SMILES string of the molecule is Nc1n[nH]c(-c2cc(Br)cc([N+](=O)[O-])c2)n1. The lowest BCUT2D eigenvalue weighted by Gasteiger charge is -1.98. The van der Waals surface area contributed by atoms with Crippen molar-refractivity contribution in [2.75, 3.05) is 5.73 Å². The molecule has 8 heteroatoms. The Morgan fingerprint density at radius 2 is 2.19 bits per heavy atom. The van der Waals surface area contributed by atoms with Crippen LogP contribution in [0.3, 0.4) is 0 Å². The Balaban J connectivity index is 2.53. The Morgan fingerprint density at radius 3 is 2.75 bits per heavy atom. The predicted molar refractivity (Wildman–Crippen MR) is 60.6 cm³/mol. The summed E-state index contributed by atoms with van der Waals surface area (Å²) in [4.78, 5) is 14.1. The number of rotatable bonds is 2. The van der Waals surface area contributed by atoms with Crippen LogP contribution in [0.2, 0.25) is 0 Å². The van der Waals surface area contributed by atoms with Crippen molar-refractivity contribution in [3.8, 4) is 11.4 Å². The number of nitro benzene ring substituents is 1. The lowest BCUT2D eigenvalue weighted by Crippen LogP contribution is -1.90. The maximum absolute atomic E-state index is 10.7. The minimum absolute atomic E-state index is 0.0284. The first-order valence-electron chi connectivity index (χ1n) is 4.19. The van der Waals surface area contributed by atoms with E-state index in [1.54, 1.807) is 6.07 Å². The Morgan fingerprint density at radius 1 is 1.44 bits per heavy atom. The van der Waals surface area contributed by atoms with Gasteiger partial charge in [0.15, 0.2) is 5.82 Å². The highest BCUT2D eigenvalue weighted by Crippen LogP contribution is 2.26. The van der Waals surface area contributed by atoms with E-state index in [0.717, 1.165) is 0 Å². The molecule has 1 aromatic carbocycles. The molecule has 0 amide bonds. The number of H-pyrrole nitrogens is 1. The van der Waals surface area contributed by atoms with Gasteiger partial charge in [-0.15, -0.1) is 5.10 Å². The number of nitrogens with zero attached hydrogens (tertiary/aromatic N) is 3. The van der Waals surface area contributed by atoms with Crippen molar-refractivity contribution >= 4 is 27.6 Å². The minimum Gasteiger partial charge on any atom is -0.366 e. The van der Waals surface area contributed by atoms with Gasteiger partial charge in [-0.2, -0.15) is 4.98 Å². The van der Waals surface area contributed by atoms with E-state index >= 15 is 0 Å². The molecule has 0 bridgehead atoms. The Kier molecular flexibility index (Phi) is 2.57. The van der Waals surface area contributed by atoms with E-state index in [4.69, 9.17) is 5.73 Å². The van der Waals surface area contributed by atoms with Crippen molar-refractivity contribution in [1.29, 1.82) is 0 Å². The molecule has 0 spiro atoms. The van der Waals surface area contributed by atoms with Gasteiger partial charge in [0, 0.05) is 22.2 Å². The summed E-state index contributed by atoms with van der Waals surface area (Å²) < 4.78 is 0.590. The van der Waals surface area contributed by atoms with Gasteiger partial charge in [0.1, 0.15) is 0 Å². The number of nitrogens with two attached hydrogens (primary N) is 1. The molecular weight excluding hydrogens is 278 g/mol. The number of nitro groups is 1. The van der Waals surface area contributed by atoms with Crippen LogP contribution >= 0.6 is 15.9 Å². The standard InChI is InChI=1S/C8H6BrN5O2/c9-5-1-4(2-6(3-5)14(15)16)7-11-8(10)13-12-7/h1-3H,(H3,10,11,12,13). The average Bonchev–Trinajstić information content (AvgIpc) is 2.64. The third kappa shape index (κ3) is 2.01. The molecule has 0 fully saturated rings. The molecule has 7 nitrogen and oxygen atoms in total. The Bertz CT molecular complexity index is 553. The number of hydrogen-bond donors (Lipinski definition) is 2. The van der Waals surface area contributed by atoms with Gasteiger partial charge >= 0.3 is 0 Å². The summed E-state index contributed by atoms with van der Waals surface area (Å²) in [5.74, 6) is 0.486. The first kappa shape index (κ1) is 10.6. The molecule has 3 N–H and O–H groups in total. The Hall–Kier alpha value is -1.96. The summed E-state index contributed by atoms with van der Waals surface area (Å²) >= 11 is 3.19. The van der Waals surface area contributed by atoms with Gasteiger partial charge in [-0.05, 0) is 6.07 Å². The largest absolute Gasteiger partial charge is 0.366 e. The number of halogens is 1. The van der Waals surface area contributed by atoms with Gasteiger partial charge < -0.3 is 5.73 Å². The second-order valence-electron chi connectivity index (χ2n) is 3.00.